The maximum absolute atomic E-state index is 11.8. The van der Waals surface area contributed by atoms with Gasteiger partial charge in [-0.1, -0.05) is 24.6 Å². The van der Waals surface area contributed by atoms with E-state index in [4.69, 9.17) is 11.6 Å². The van der Waals surface area contributed by atoms with E-state index in [1.165, 1.54) is 0 Å². The lowest BCUT2D eigenvalue weighted by atomic mass is 10.2. The fourth-order valence-corrected chi connectivity index (χ4v) is 2.68. The van der Waals surface area contributed by atoms with E-state index in [2.05, 4.69) is 10.0 Å². The van der Waals surface area contributed by atoms with E-state index in [1.54, 1.807) is 12.1 Å². The zero-order valence-corrected chi connectivity index (χ0v) is 12.2. The molecule has 0 saturated carbocycles. The van der Waals surface area contributed by atoms with Gasteiger partial charge in [0.1, 0.15) is 0 Å². The van der Waals surface area contributed by atoms with E-state index in [-0.39, 0.29) is 5.75 Å². The molecule has 0 atom stereocenters. The molecule has 0 aromatic heterocycles. The molecule has 1 rings (SSSR count). The fourth-order valence-electron chi connectivity index (χ4n) is 1.44. The first kappa shape index (κ1) is 15.3. The fraction of sp³-hybridized carbons (Fsp3) is 0.500. The number of sulfonamides is 1. The minimum Gasteiger partial charge on any atom is -0.316 e. The second-order valence-corrected chi connectivity index (χ2v) is 6.40. The average molecular weight is 291 g/mol. The number of rotatable bonds is 7. The SMILES string of the molecule is CCCNCCS(=O)(=O)Nc1cc(C)ccc1Cl. The number of nitrogens with one attached hydrogen (secondary N) is 2. The third kappa shape index (κ3) is 5.25. The monoisotopic (exact) mass is 290 g/mol. The van der Waals surface area contributed by atoms with Gasteiger partial charge in [-0.25, -0.2) is 8.42 Å². The topological polar surface area (TPSA) is 58.2 Å². The standard InChI is InChI=1S/C12H19ClN2O2S/c1-3-6-14-7-8-18(16,17)15-12-9-10(2)4-5-11(12)13/h4-5,9,14-15H,3,6-8H2,1-2H3. The Hall–Kier alpha value is -0.780. The summed E-state index contributed by atoms with van der Waals surface area (Å²) >= 11 is 5.94. The molecule has 0 heterocycles. The first-order valence-electron chi connectivity index (χ1n) is 5.92. The Balaban J connectivity index is 2.62. The Morgan fingerprint density at radius 2 is 2.00 bits per heavy atom. The summed E-state index contributed by atoms with van der Waals surface area (Å²) in [6.45, 7) is 5.18. The van der Waals surface area contributed by atoms with Gasteiger partial charge in [-0.15, -0.1) is 0 Å². The van der Waals surface area contributed by atoms with Crippen molar-refractivity contribution in [2.24, 2.45) is 0 Å². The molecule has 0 spiro atoms. The first-order valence-corrected chi connectivity index (χ1v) is 7.95. The Morgan fingerprint density at radius 3 is 2.67 bits per heavy atom. The van der Waals surface area contributed by atoms with Crippen LogP contribution in [-0.4, -0.2) is 27.3 Å². The van der Waals surface area contributed by atoms with Crippen molar-refractivity contribution in [1.82, 2.24) is 5.32 Å². The highest BCUT2D eigenvalue weighted by Gasteiger charge is 2.12. The van der Waals surface area contributed by atoms with E-state index in [0.29, 0.717) is 17.3 Å². The Labute approximate surface area is 114 Å². The van der Waals surface area contributed by atoms with Crippen LogP contribution in [0.1, 0.15) is 18.9 Å². The van der Waals surface area contributed by atoms with Crippen LogP contribution in [0.15, 0.2) is 18.2 Å². The van der Waals surface area contributed by atoms with Crippen LogP contribution in [0, 0.1) is 6.92 Å². The van der Waals surface area contributed by atoms with Crippen LogP contribution < -0.4 is 10.0 Å². The van der Waals surface area contributed by atoms with Crippen molar-refractivity contribution >= 4 is 27.3 Å². The largest absolute Gasteiger partial charge is 0.316 e. The Kier molecular flexibility index (Phi) is 5.91. The summed E-state index contributed by atoms with van der Waals surface area (Å²) in [5.74, 6) is 0.0390. The van der Waals surface area contributed by atoms with Gasteiger partial charge < -0.3 is 5.32 Å². The molecule has 2 N–H and O–H groups in total. The maximum Gasteiger partial charge on any atom is 0.234 e. The van der Waals surface area contributed by atoms with E-state index >= 15 is 0 Å². The number of aryl methyl sites for hydroxylation is 1. The van der Waals surface area contributed by atoms with Gasteiger partial charge in [0.25, 0.3) is 0 Å². The Bertz CT molecular complexity index is 489. The van der Waals surface area contributed by atoms with Gasteiger partial charge in [-0.2, -0.15) is 0 Å². The number of hydrogen-bond donors (Lipinski definition) is 2. The van der Waals surface area contributed by atoms with Crippen molar-refractivity contribution in [2.45, 2.75) is 20.3 Å². The molecule has 0 amide bonds. The molecule has 1 aromatic carbocycles. The van der Waals surface area contributed by atoms with Crippen molar-refractivity contribution in [3.05, 3.63) is 28.8 Å². The number of benzene rings is 1. The summed E-state index contributed by atoms with van der Waals surface area (Å²) in [5.41, 5.74) is 1.40. The molecule has 0 radical (unpaired) electrons. The van der Waals surface area contributed by atoms with E-state index in [0.717, 1.165) is 18.5 Å². The van der Waals surface area contributed by atoms with Gasteiger partial charge in [-0.3, -0.25) is 4.72 Å². The van der Waals surface area contributed by atoms with Crippen LogP contribution >= 0.6 is 11.6 Å². The van der Waals surface area contributed by atoms with Crippen molar-refractivity contribution in [3.8, 4) is 0 Å². The molecule has 0 bridgehead atoms. The summed E-state index contributed by atoms with van der Waals surface area (Å²) in [6.07, 6.45) is 0.983. The molecule has 0 aliphatic carbocycles. The van der Waals surface area contributed by atoms with Crippen LogP contribution in [0.2, 0.25) is 5.02 Å². The third-order valence-electron chi connectivity index (χ3n) is 2.36. The highest BCUT2D eigenvalue weighted by atomic mass is 35.5. The van der Waals surface area contributed by atoms with E-state index in [9.17, 15) is 8.42 Å². The normalized spacial score (nSPS) is 11.5. The zero-order valence-electron chi connectivity index (χ0n) is 10.7. The van der Waals surface area contributed by atoms with Crippen LogP contribution in [0.3, 0.4) is 0 Å². The van der Waals surface area contributed by atoms with Crippen LogP contribution in [0.4, 0.5) is 5.69 Å². The summed E-state index contributed by atoms with van der Waals surface area (Å²) in [6, 6.07) is 5.24. The second-order valence-electron chi connectivity index (χ2n) is 4.15. The summed E-state index contributed by atoms with van der Waals surface area (Å²) in [5, 5.41) is 3.46. The third-order valence-corrected chi connectivity index (χ3v) is 3.96. The smallest absolute Gasteiger partial charge is 0.234 e. The van der Waals surface area contributed by atoms with Crippen molar-refractivity contribution in [2.75, 3.05) is 23.6 Å². The number of hydrogen-bond acceptors (Lipinski definition) is 3. The lowest BCUT2D eigenvalue weighted by Crippen LogP contribution is -2.27. The average Bonchev–Trinajstić information content (AvgIpc) is 2.29. The second kappa shape index (κ2) is 6.97. The van der Waals surface area contributed by atoms with Gasteiger partial charge in [0.15, 0.2) is 0 Å². The minimum atomic E-state index is -3.35. The van der Waals surface area contributed by atoms with Crippen LogP contribution in [-0.2, 0) is 10.0 Å². The van der Waals surface area contributed by atoms with Crippen LogP contribution in [0.5, 0.6) is 0 Å². The lowest BCUT2D eigenvalue weighted by molar-refractivity contribution is 0.595. The van der Waals surface area contributed by atoms with Crippen molar-refractivity contribution < 1.29 is 8.42 Å². The van der Waals surface area contributed by atoms with Gasteiger partial charge >= 0.3 is 0 Å². The first-order chi connectivity index (χ1) is 8.44. The van der Waals surface area contributed by atoms with Gasteiger partial charge in [-0.05, 0) is 37.6 Å². The summed E-state index contributed by atoms with van der Waals surface area (Å²) in [4.78, 5) is 0. The Morgan fingerprint density at radius 1 is 1.28 bits per heavy atom. The molecule has 4 nitrogen and oxygen atoms in total. The molecular weight excluding hydrogens is 272 g/mol. The maximum atomic E-state index is 11.8. The molecule has 0 saturated heterocycles. The molecule has 0 aliphatic heterocycles. The molecule has 0 aliphatic rings. The molecule has 0 fully saturated rings. The van der Waals surface area contributed by atoms with Crippen molar-refractivity contribution in [1.29, 1.82) is 0 Å². The van der Waals surface area contributed by atoms with Crippen molar-refractivity contribution in [3.63, 3.8) is 0 Å². The van der Waals surface area contributed by atoms with E-state index < -0.39 is 10.0 Å². The predicted molar refractivity (Wildman–Crippen MR) is 76.8 cm³/mol. The predicted octanol–water partition coefficient (Wildman–Crippen LogP) is 2.39. The molecular formula is C12H19ClN2O2S. The lowest BCUT2D eigenvalue weighted by Gasteiger charge is -2.10. The van der Waals surface area contributed by atoms with E-state index in [1.807, 2.05) is 19.9 Å². The van der Waals surface area contributed by atoms with Gasteiger partial charge in [0.2, 0.25) is 10.0 Å². The number of anilines is 1. The molecule has 1 aromatic rings. The quantitative estimate of drug-likeness (QED) is 0.758. The molecule has 102 valence electrons. The molecule has 18 heavy (non-hydrogen) atoms. The minimum absolute atomic E-state index is 0.0390. The molecule has 6 heteroatoms. The number of halogens is 1. The summed E-state index contributed by atoms with van der Waals surface area (Å²) < 4.78 is 26.1. The zero-order chi connectivity index (χ0) is 13.6. The van der Waals surface area contributed by atoms with Crippen LogP contribution in [0.25, 0.3) is 0 Å². The van der Waals surface area contributed by atoms with Gasteiger partial charge in [0.05, 0.1) is 16.5 Å². The molecule has 0 unspecified atom stereocenters. The highest BCUT2D eigenvalue weighted by Crippen LogP contribution is 2.23. The van der Waals surface area contributed by atoms with Gasteiger partial charge in [0, 0.05) is 6.54 Å². The highest BCUT2D eigenvalue weighted by molar-refractivity contribution is 7.92. The summed E-state index contributed by atoms with van der Waals surface area (Å²) in [7, 11) is -3.35.